The first-order chi connectivity index (χ1) is 12.0. The van der Waals surface area contributed by atoms with Gasteiger partial charge in [0, 0.05) is 36.2 Å². The predicted molar refractivity (Wildman–Crippen MR) is 91.5 cm³/mol. The van der Waals surface area contributed by atoms with Crippen LogP contribution < -0.4 is 5.73 Å². The number of amides is 1. The molecule has 0 saturated heterocycles. The lowest BCUT2D eigenvalue weighted by molar-refractivity contribution is -0.140. The Labute approximate surface area is 147 Å². The molecule has 0 aliphatic heterocycles. The summed E-state index contributed by atoms with van der Waals surface area (Å²) < 4.78 is 27.2. The molecule has 0 radical (unpaired) electrons. The molecule has 3 aliphatic carbocycles. The van der Waals surface area contributed by atoms with Crippen molar-refractivity contribution in [2.24, 2.45) is 23.5 Å². The highest BCUT2D eigenvalue weighted by molar-refractivity contribution is 5.79. The summed E-state index contributed by atoms with van der Waals surface area (Å²) in [7, 11) is 0. The van der Waals surface area contributed by atoms with Crippen molar-refractivity contribution < 1.29 is 13.6 Å². The van der Waals surface area contributed by atoms with Crippen LogP contribution in [0, 0.1) is 29.4 Å². The molecule has 25 heavy (non-hydrogen) atoms. The molecule has 5 heteroatoms. The molecule has 1 amide bonds. The van der Waals surface area contributed by atoms with Gasteiger partial charge in [-0.1, -0.05) is 12.5 Å². The lowest BCUT2D eigenvalue weighted by Crippen LogP contribution is -2.50. The molecule has 2 atom stereocenters. The van der Waals surface area contributed by atoms with Crippen LogP contribution in [0.25, 0.3) is 0 Å². The molecule has 0 aromatic heterocycles. The number of fused-ring (bicyclic) bond motifs is 2. The number of nitrogens with two attached hydrogens (primary N) is 1. The Morgan fingerprint density at radius 3 is 2.40 bits per heavy atom. The van der Waals surface area contributed by atoms with E-state index >= 15 is 0 Å². The van der Waals surface area contributed by atoms with E-state index in [-0.39, 0.29) is 30.5 Å². The number of carbonyl (C=O) groups is 1. The van der Waals surface area contributed by atoms with E-state index in [1.165, 1.54) is 18.6 Å². The minimum absolute atomic E-state index is 0.0132. The highest BCUT2D eigenvalue weighted by Crippen LogP contribution is 2.43. The van der Waals surface area contributed by atoms with Crippen LogP contribution in [0.15, 0.2) is 18.2 Å². The van der Waals surface area contributed by atoms with Gasteiger partial charge in [-0.25, -0.2) is 8.78 Å². The number of carbonyl (C=O) groups excluding carboxylic acids is 1. The van der Waals surface area contributed by atoms with Gasteiger partial charge in [0.1, 0.15) is 11.6 Å². The molecule has 2 N–H and O–H groups in total. The van der Waals surface area contributed by atoms with E-state index in [1.54, 1.807) is 0 Å². The maximum Gasteiger partial charge on any atom is 0.226 e. The molecule has 3 saturated carbocycles. The molecule has 3 nitrogen and oxygen atoms in total. The minimum Gasteiger partial charge on any atom is -0.335 e. The van der Waals surface area contributed by atoms with Gasteiger partial charge in [-0.05, 0) is 56.4 Å². The summed E-state index contributed by atoms with van der Waals surface area (Å²) in [6.45, 7) is 0.244. The second-order valence-corrected chi connectivity index (χ2v) is 8.13. The van der Waals surface area contributed by atoms with Crippen molar-refractivity contribution in [2.45, 2.75) is 63.6 Å². The van der Waals surface area contributed by atoms with Crippen molar-refractivity contribution in [3.8, 4) is 0 Å². The van der Waals surface area contributed by atoms with Gasteiger partial charge in [0.15, 0.2) is 0 Å². The van der Waals surface area contributed by atoms with Gasteiger partial charge < -0.3 is 10.6 Å². The number of nitrogens with zero attached hydrogens (tertiary/aromatic N) is 1. The zero-order chi connectivity index (χ0) is 17.6. The number of hydrogen-bond acceptors (Lipinski definition) is 2. The molecule has 1 aromatic carbocycles. The van der Waals surface area contributed by atoms with Crippen LogP contribution >= 0.6 is 0 Å². The number of hydrogen-bond donors (Lipinski definition) is 1. The summed E-state index contributed by atoms with van der Waals surface area (Å²) in [4.78, 5) is 15.0. The molecule has 0 heterocycles. The van der Waals surface area contributed by atoms with Crippen molar-refractivity contribution in [2.75, 3.05) is 0 Å². The zero-order valence-electron chi connectivity index (χ0n) is 14.5. The summed E-state index contributed by atoms with van der Waals surface area (Å²) in [5.41, 5.74) is 6.74. The van der Waals surface area contributed by atoms with Gasteiger partial charge in [-0.2, -0.15) is 0 Å². The third-order valence-electron chi connectivity index (χ3n) is 6.39. The van der Waals surface area contributed by atoms with Crippen molar-refractivity contribution in [1.82, 2.24) is 4.90 Å². The maximum absolute atomic E-state index is 14.0. The molecule has 136 valence electrons. The lowest BCUT2D eigenvalue weighted by atomic mass is 9.65. The first-order valence-electron chi connectivity index (χ1n) is 9.53. The second-order valence-electron chi connectivity index (χ2n) is 8.13. The molecule has 3 fully saturated rings. The molecule has 4 rings (SSSR count). The highest BCUT2D eigenvalue weighted by atomic mass is 19.1. The van der Waals surface area contributed by atoms with Crippen molar-refractivity contribution in [1.29, 1.82) is 0 Å². The zero-order valence-corrected chi connectivity index (χ0v) is 14.5. The summed E-state index contributed by atoms with van der Waals surface area (Å²) in [5.74, 6) is -0.0926. The molecule has 0 spiro atoms. The monoisotopic (exact) mass is 348 g/mol. The molecular weight excluding hydrogens is 322 g/mol. The smallest absolute Gasteiger partial charge is 0.226 e. The minimum atomic E-state index is -0.584. The maximum atomic E-state index is 14.0. The Bertz CT molecular complexity index is 647. The third kappa shape index (κ3) is 3.43. The normalized spacial score (nSPS) is 31.6. The number of benzene rings is 1. The molecule has 2 bridgehead atoms. The van der Waals surface area contributed by atoms with Crippen LogP contribution in [0.2, 0.25) is 0 Å². The summed E-state index contributed by atoms with van der Waals surface area (Å²) in [5, 5.41) is 0. The van der Waals surface area contributed by atoms with E-state index in [9.17, 15) is 13.6 Å². The van der Waals surface area contributed by atoms with Gasteiger partial charge in [0.25, 0.3) is 0 Å². The first-order valence-corrected chi connectivity index (χ1v) is 9.53. The van der Waals surface area contributed by atoms with E-state index in [2.05, 4.69) is 0 Å². The number of halogens is 2. The molecule has 3 aliphatic rings. The predicted octanol–water partition coefficient (Wildman–Crippen LogP) is 3.61. The third-order valence-corrected chi connectivity index (χ3v) is 6.39. The van der Waals surface area contributed by atoms with E-state index in [0.29, 0.717) is 17.4 Å². The van der Waals surface area contributed by atoms with Gasteiger partial charge in [-0.3, -0.25) is 4.79 Å². The van der Waals surface area contributed by atoms with Crippen LogP contribution in [-0.4, -0.2) is 22.9 Å². The van der Waals surface area contributed by atoms with Crippen LogP contribution in [0.3, 0.4) is 0 Å². The number of rotatable bonds is 4. The van der Waals surface area contributed by atoms with Crippen LogP contribution in [0.4, 0.5) is 8.78 Å². The van der Waals surface area contributed by atoms with Gasteiger partial charge in [-0.15, -0.1) is 0 Å². The van der Waals surface area contributed by atoms with E-state index in [0.717, 1.165) is 44.6 Å². The van der Waals surface area contributed by atoms with Crippen LogP contribution in [-0.2, 0) is 11.3 Å². The largest absolute Gasteiger partial charge is 0.335 e. The Morgan fingerprint density at radius 1 is 1.12 bits per heavy atom. The van der Waals surface area contributed by atoms with Crippen LogP contribution in [0.1, 0.15) is 50.5 Å². The standard InChI is InChI=1S/C20H26F2N2O/c21-16-5-4-14(18(22)10-16)11-24(17-6-7-17)20(25)15-8-12-2-1-3-13(9-15)19(12)23/h4-5,10,12-13,15,17,19H,1-3,6-9,11,23H2. The van der Waals surface area contributed by atoms with E-state index < -0.39 is 11.6 Å². The summed E-state index contributed by atoms with van der Waals surface area (Å²) in [6.07, 6.45) is 7.16. The fourth-order valence-electron chi connectivity index (χ4n) is 4.83. The van der Waals surface area contributed by atoms with Crippen molar-refractivity contribution in [3.05, 3.63) is 35.4 Å². The van der Waals surface area contributed by atoms with Crippen LogP contribution in [0.5, 0.6) is 0 Å². The molecule has 2 unspecified atom stereocenters. The Kier molecular flexibility index (Phi) is 4.52. The fourth-order valence-corrected chi connectivity index (χ4v) is 4.83. The molecular formula is C20H26F2N2O. The lowest BCUT2D eigenvalue weighted by Gasteiger charge is -2.44. The fraction of sp³-hybridized carbons (Fsp3) is 0.650. The average molecular weight is 348 g/mol. The van der Waals surface area contributed by atoms with Gasteiger partial charge in [0.05, 0.1) is 0 Å². The summed E-state index contributed by atoms with van der Waals surface area (Å²) in [6, 6.07) is 4.07. The van der Waals surface area contributed by atoms with E-state index in [1.807, 2.05) is 4.90 Å². The first kappa shape index (κ1) is 17.0. The quantitative estimate of drug-likeness (QED) is 0.903. The SMILES string of the molecule is NC1C2CCCC1CC(C(=O)N(Cc1ccc(F)cc1F)C1CC1)C2. The Balaban J connectivity index is 1.50. The summed E-state index contributed by atoms with van der Waals surface area (Å²) >= 11 is 0. The van der Waals surface area contributed by atoms with Gasteiger partial charge in [0.2, 0.25) is 5.91 Å². The van der Waals surface area contributed by atoms with Crippen molar-refractivity contribution >= 4 is 5.91 Å². The topological polar surface area (TPSA) is 46.3 Å². The molecule has 1 aromatic rings. The highest BCUT2D eigenvalue weighted by Gasteiger charge is 2.43. The van der Waals surface area contributed by atoms with Gasteiger partial charge >= 0.3 is 0 Å². The van der Waals surface area contributed by atoms with Crippen molar-refractivity contribution in [3.63, 3.8) is 0 Å². The Morgan fingerprint density at radius 2 is 1.80 bits per heavy atom. The average Bonchev–Trinajstić information content (AvgIpc) is 3.38. The Hall–Kier alpha value is -1.49. The second kappa shape index (κ2) is 6.67. The van der Waals surface area contributed by atoms with E-state index in [4.69, 9.17) is 5.73 Å².